The van der Waals surface area contributed by atoms with Crippen LogP contribution in [0.3, 0.4) is 0 Å². The van der Waals surface area contributed by atoms with Crippen LogP contribution in [0.4, 0.5) is 5.95 Å². The summed E-state index contributed by atoms with van der Waals surface area (Å²) in [5, 5.41) is 1.26. The van der Waals surface area contributed by atoms with Gasteiger partial charge in [-0.3, -0.25) is 0 Å². The first-order valence-corrected chi connectivity index (χ1v) is 10.5. The number of fused-ring (bicyclic) bond motifs is 1. The zero-order chi connectivity index (χ0) is 20.2. The van der Waals surface area contributed by atoms with Crippen molar-refractivity contribution in [1.29, 1.82) is 0 Å². The van der Waals surface area contributed by atoms with Gasteiger partial charge in [0.15, 0.2) is 0 Å². The number of aromatic nitrogens is 2. The molecule has 0 aliphatic rings. The van der Waals surface area contributed by atoms with Gasteiger partial charge in [-0.15, -0.1) is 11.3 Å². The lowest BCUT2D eigenvalue weighted by Crippen LogP contribution is -2.06. The van der Waals surface area contributed by atoms with E-state index < -0.39 is 0 Å². The highest BCUT2D eigenvalue weighted by Gasteiger charge is 2.13. The van der Waals surface area contributed by atoms with E-state index in [4.69, 9.17) is 16.2 Å². The molecule has 0 bridgehead atoms. The fourth-order valence-electron chi connectivity index (χ4n) is 3.38. The van der Waals surface area contributed by atoms with Crippen LogP contribution in [0, 0.1) is 6.92 Å². The molecule has 6 heteroatoms. The number of anilines is 1. The quantitative estimate of drug-likeness (QED) is 0.441. The molecule has 0 saturated carbocycles. The minimum absolute atomic E-state index is 0.300. The molecule has 29 heavy (non-hydrogen) atoms. The van der Waals surface area contributed by atoms with E-state index in [9.17, 15) is 0 Å². The Labute approximate surface area is 174 Å². The number of nitrogen functional groups attached to an aromatic ring is 1. The monoisotopic (exact) mass is 404 g/mol. The van der Waals surface area contributed by atoms with Gasteiger partial charge in [0, 0.05) is 10.9 Å². The Hall–Kier alpha value is -2.96. The molecule has 0 unspecified atom stereocenters. The summed E-state index contributed by atoms with van der Waals surface area (Å²) in [4.78, 5) is 9.52. The molecular weight excluding hydrogens is 380 g/mol. The molecule has 4 rings (SSSR count). The lowest BCUT2D eigenvalue weighted by Gasteiger charge is -2.08. The summed E-state index contributed by atoms with van der Waals surface area (Å²) in [6.45, 7) is 3.43. The summed E-state index contributed by atoms with van der Waals surface area (Å²) in [6.07, 6.45) is 3.42. The first kappa shape index (κ1) is 19.4. The number of ether oxygens (including phenoxy) is 1. The van der Waals surface area contributed by atoms with Crippen LogP contribution in [-0.2, 0) is 6.42 Å². The van der Waals surface area contributed by atoms with Crippen molar-refractivity contribution >= 4 is 27.4 Å². The number of benzene rings is 2. The van der Waals surface area contributed by atoms with Gasteiger partial charge in [0.1, 0.15) is 5.75 Å². The second-order valence-electron chi connectivity index (χ2n) is 7.00. The summed E-state index contributed by atoms with van der Waals surface area (Å²) in [5.41, 5.74) is 15.9. The Morgan fingerprint density at radius 2 is 1.93 bits per heavy atom. The van der Waals surface area contributed by atoms with Gasteiger partial charge in [0.25, 0.3) is 0 Å². The first-order valence-electron chi connectivity index (χ1n) is 9.67. The zero-order valence-electron chi connectivity index (χ0n) is 16.4. The fourth-order valence-corrected chi connectivity index (χ4v) is 4.54. The largest absolute Gasteiger partial charge is 0.494 e. The molecule has 2 aromatic carbocycles. The molecule has 0 aliphatic heterocycles. The van der Waals surface area contributed by atoms with Crippen molar-refractivity contribution in [3.8, 4) is 16.3 Å². The third kappa shape index (κ3) is 4.39. The maximum atomic E-state index is 5.78. The van der Waals surface area contributed by atoms with Gasteiger partial charge < -0.3 is 16.2 Å². The predicted octanol–water partition coefficient (Wildman–Crippen LogP) is 4.57. The Balaban J connectivity index is 1.60. The van der Waals surface area contributed by atoms with Crippen molar-refractivity contribution in [2.45, 2.75) is 19.8 Å². The van der Waals surface area contributed by atoms with Gasteiger partial charge in [-0.1, -0.05) is 18.2 Å². The minimum atomic E-state index is 0.300. The van der Waals surface area contributed by atoms with Crippen molar-refractivity contribution in [3.63, 3.8) is 0 Å². The van der Waals surface area contributed by atoms with E-state index in [0.29, 0.717) is 19.1 Å². The SMILES string of the molecule is Cc1c(-c2ccnc(N)n2)sc2ccc(Cc3cccc(OCCCN)c3)cc12. The fraction of sp³-hybridized carbons (Fsp3) is 0.217. The third-order valence-electron chi connectivity index (χ3n) is 4.83. The highest BCUT2D eigenvalue weighted by molar-refractivity contribution is 7.22. The molecule has 2 aromatic heterocycles. The van der Waals surface area contributed by atoms with Gasteiger partial charge in [0.2, 0.25) is 5.95 Å². The molecule has 0 radical (unpaired) electrons. The molecule has 148 valence electrons. The first-order chi connectivity index (χ1) is 14.1. The van der Waals surface area contributed by atoms with Gasteiger partial charge in [-0.05, 0) is 78.7 Å². The lowest BCUT2D eigenvalue weighted by molar-refractivity contribution is 0.313. The van der Waals surface area contributed by atoms with Crippen molar-refractivity contribution in [3.05, 3.63) is 71.4 Å². The van der Waals surface area contributed by atoms with E-state index in [1.807, 2.05) is 18.2 Å². The molecule has 0 fully saturated rings. The highest BCUT2D eigenvalue weighted by atomic mass is 32.1. The van der Waals surface area contributed by atoms with Crippen molar-refractivity contribution in [2.75, 3.05) is 18.9 Å². The van der Waals surface area contributed by atoms with E-state index in [2.05, 4.69) is 47.2 Å². The highest BCUT2D eigenvalue weighted by Crippen LogP contribution is 2.38. The Bertz CT molecular complexity index is 1140. The topological polar surface area (TPSA) is 87.0 Å². The van der Waals surface area contributed by atoms with Crippen LogP contribution >= 0.6 is 11.3 Å². The molecule has 4 aromatic rings. The van der Waals surface area contributed by atoms with Crippen LogP contribution in [0.15, 0.2) is 54.7 Å². The molecule has 2 heterocycles. The molecule has 0 amide bonds. The molecular formula is C23H24N4OS. The van der Waals surface area contributed by atoms with Crippen molar-refractivity contribution in [2.24, 2.45) is 5.73 Å². The Kier molecular flexibility index (Phi) is 5.74. The van der Waals surface area contributed by atoms with E-state index in [1.165, 1.54) is 26.8 Å². The van der Waals surface area contributed by atoms with Crippen LogP contribution in [0.25, 0.3) is 20.7 Å². The smallest absolute Gasteiger partial charge is 0.220 e. The van der Waals surface area contributed by atoms with Crippen molar-refractivity contribution < 1.29 is 4.74 Å². The summed E-state index contributed by atoms with van der Waals surface area (Å²) in [6, 6.07) is 16.8. The van der Waals surface area contributed by atoms with Crippen LogP contribution in [0.1, 0.15) is 23.1 Å². The van der Waals surface area contributed by atoms with Gasteiger partial charge in [-0.25, -0.2) is 9.97 Å². The van der Waals surface area contributed by atoms with E-state index >= 15 is 0 Å². The normalized spacial score (nSPS) is 11.1. The molecule has 0 aliphatic carbocycles. The van der Waals surface area contributed by atoms with Gasteiger partial charge in [-0.2, -0.15) is 0 Å². The summed E-state index contributed by atoms with van der Waals surface area (Å²) >= 11 is 1.74. The van der Waals surface area contributed by atoms with E-state index in [0.717, 1.165) is 29.2 Å². The zero-order valence-corrected chi connectivity index (χ0v) is 17.2. The van der Waals surface area contributed by atoms with Crippen LogP contribution in [0.2, 0.25) is 0 Å². The maximum Gasteiger partial charge on any atom is 0.220 e. The molecule has 0 atom stereocenters. The van der Waals surface area contributed by atoms with Gasteiger partial charge >= 0.3 is 0 Å². The number of thiophene rings is 1. The number of hydrogen-bond acceptors (Lipinski definition) is 6. The maximum absolute atomic E-state index is 5.78. The van der Waals surface area contributed by atoms with E-state index in [-0.39, 0.29) is 0 Å². The second-order valence-corrected chi connectivity index (χ2v) is 8.05. The standard InChI is InChI=1S/C23H24N4OS/c1-15-19-14-17(12-16-4-2-5-18(13-16)28-11-3-9-24)6-7-21(19)29-22(15)20-8-10-26-23(25)27-20/h2,4-8,10,13-14H,3,9,11-12,24H2,1H3,(H2,25,26,27). The van der Waals surface area contributed by atoms with Crippen LogP contribution in [-0.4, -0.2) is 23.1 Å². The summed E-state index contributed by atoms with van der Waals surface area (Å²) < 4.78 is 7.02. The molecule has 0 spiro atoms. The number of nitrogens with two attached hydrogens (primary N) is 2. The number of rotatable bonds is 7. The molecule has 5 nitrogen and oxygen atoms in total. The average Bonchev–Trinajstić information content (AvgIpc) is 3.05. The molecule has 0 saturated heterocycles. The average molecular weight is 405 g/mol. The Morgan fingerprint density at radius 1 is 1.07 bits per heavy atom. The van der Waals surface area contributed by atoms with Gasteiger partial charge in [0.05, 0.1) is 17.2 Å². The number of nitrogens with zero attached hydrogens (tertiary/aromatic N) is 2. The summed E-state index contributed by atoms with van der Waals surface area (Å²) in [5.74, 6) is 1.20. The Morgan fingerprint density at radius 3 is 2.76 bits per heavy atom. The van der Waals surface area contributed by atoms with E-state index in [1.54, 1.807) is 17.5 Å². The lowest BCUT2D eigenvalue weighted by atomic mass is 10.0. The van der Waals surface area contributed by atoms with Crippen LogP contribution < -0.4 is 16.2 Å². The minimum Gasteiger partial charge on any atom is -0.494 e. The second kappa shape index (κ2) is 8.59. The predicted molar refractivity (Wildman–Crippen MR) is 120 cm³/mol. The third-order valence-corrected chi connectivity index (χ3v) is 6.13. The van der Waals surface area contributed by atoms with Crippen LogP contribution in [0.5, 0.6) is 5.75 Å². The summed E-state index contributed by atoms with van der Waals surface area (Å²) in [7, 11) is 0. The number of hydrogen-bond donors (Lipinski definition) is 2. The molecule has 4 N–H and O–H groups in total. The number of aryl methyl sites for hydroxylation is 1. The van der Waals surface area contributed by atoms with Crippen molar-refractivity contribution in [1.82, 2.24) is 9.97 Å².